The summed E-state index contributed by atoms with van der Waals surface area (Å²) < 4.78 is 23.3. The van der Waals surface area contributed by atoms with Crippen molar-refractivity contribution in [2.75, 3.05) is 7.11 Å². The summed E-state index contributed by atoms with van der Waals surface area (Å²) in [6.45, 7) is 0. The van der Waals surface area contributed by atoms with Crippen LogP contribution < -0.4 is 9.47 Å². The number of nitriles is 1. The second-order valence-electron chi connectivity index (χ2n) is 3.95. The summed E-state index contributed by atoms with van der Waals surface area (Å²) in [5.41, 5.74) is -0.274. The number of methoxy groups -OCH3 is 1. The van der Waals surface area contributed by atoms with Crippen molar-refractivity contribution in [3.05, 3.63) is 57.9 Å². The highest BCUT2D eigenvalue weighted by Crippen LogP contribution is 2.33. The van der Waals surface area contributed by atoms with Gasteiger partial charge < -0.3 is 9.47 Å². The molecule has 0 amide bonds. The van der Waals surface area contributed by atoms with Crippen molar-refractivity contribution in [1.29, 1.82) is 5.26 Å². The molecule has 0 bridgehead atoms. The van der Waals surface area contributed by atoms with Crippen LogP contribution in [0.15, 0.2) is 36.4 Å². The van der Waals surface area contributed by atoms with Crippen LogP contribution in [-0.4, -0.2) is 12.0 Å². The van der Waals surface area contributed by atoms with E-state index in [1.807, 2.05) is 0 Å². The second kappa shape index (κ2) is 5.88. The normalized spacial score (nSPS) is 9.76. The largest absolute Gasteiger partial charge is 0.490 e. The molecular weight excluding hydrogens is 279 g/mol. The Bertz CT molecular complexity index is 740. The van der Waals surface area contributed by atoms with Crippen LogP contribution in [-0.2, 0) is 0 Å². The van der Waals surface area contributed by atoms with E-state index in [2.05, 4.69) is 0 Å². The van der Waals surface area contributed by atoms with Crippen molar-refractivity contribution in [3.63, 3.8) is 0 Å². The molecule has 0 atom stereocenters. The zero-order chi connectivity index (χ0) is 15.4. The van der Waals surface area contributed by atoms with Gasteiger partial charge in [-0.2, -0.15) is 5.26 Å². The third-order valence-corrected chi connectivity index (χ3v) is 2.64. The minimum absolute atomic E-state index is 0.00605. The number of rotatable bonds is 4. The van der Waals surface area contributed by atoms with Crippen LogP contribution in [0.3, 0.4) is 0 Å². The number of benzene rings is 2. The molecule has 0 aliphatic carbocycles. The van der Waals surface area contributed by atoms with Gasteiger partial charge in [-0.1, -0.05) is 0 Å². The number of nitro groups is 1. The van der Waals surface area contributed by atoms with E-state index in [0.29, 0.717) is 0 Å². The van der Waals surface area contributed by atoms with E-state index in [4.69, 9.17) is 14.7 Å². The molecule has 0 saturated carbocycles. The van der Waals surface area contributed by atoms with Gasteiger partial charge in [0.1, 0.15) is 23.4 Å². The minimum atomic E-state index is -0.610. The highest BCUT2D eigenvalue weighted by atomic mass is 19.1. The van der Waals surface area contributed by atoms with Crippen LogP contribution in [0.4, 0.5) is 10.1 Å². The Morgan fingerprint density at radius 3 is 2.57 bits per heavy atom. The minimum Gasteiger partial charge on any atom is -0.490 e. The van der Waals surface area contributed by atoms with E-state index in [-0.39, 0.29) is 28.5 Å². The van der Waals surface area contributed by atoms with Gasteiger partial charge in [-0.15, -0.1) is 0 Å². The van der Waals surface area contributed by atoms with E-state index in [9.17, 15) is 14.5 Å². The Kier molecular flexibility index (Phi) is 4.00. The predicted molar refractivity (Wildman–Crippen MR) is 70.8 cm³/mol. The number of hydrogen-bond donors (Lipinski definition) is 0. The lowest BCUT2D eigenvalue weighted by Gasteiger charge is -2.08. The van der Waals surface area contributed by atoms with Crippen molar-refractivity contribution in [2.45, 2.75) is 0 Å². The van der Waals surface area contributed by atoms with E-state index in [1.165, 1.54) is 31.4 Å². The van der Waals surface area contributed by atoms with Gasteiger partial charge in [-0.05, 0) is 30.3 Å². The molecule has 0 fully saturated rings. The fourth-order valence-electron chi connectivity index (χ4n) is 1.68. The molecule has 2 rings (SSSR count). The molecule has 2 aromatic carbocycles. The summed E-state index contributed by atoms with van der Waals surface area (Å²) >= 11 is 0. The molecule has 0 heterocycles. The van der Waals surface area contributed by atoms with Gasteiger partial charge >= 0.3 is 5.69 Å². The molecule has 7 heteroatoms. The van der Waals surface area contributed by atoms with Crippen LogP contribution in [0, 0.1) is 27.3 Å². The van der Waals surface area contributed by atoms with Crippen LogP contribution in [0.1, 0.15) is 5.56 Å². The number of halogens is 1. The Balaban J connectivity index is 2.39. The molecule has 2 aromatic rings. The summed E-state index contributed by atoms with van der Waals surface area (Å²) in [6, 6.07) is 9.23. The van der Waals surface area contributed by atoms with E-state index < -0.39 is 10.7 Å². The number of ether oxygens (including phenoxy) is 2. The third kappa shape index (κ3) is 3.06. The predicted octanol–water partition coefficient (Wildman–Crippen LogP) is 3.41. The van der Waals surface area contributed by atoms with Crippen LogP contribution in [0.5, 0.6) is 17.2 Å². The zero-order valence-corrected chi connectivity index (χ0v) is 10.9. The first-order chi connectivity index (χ1) is 10.0. The lowest BCUT2D eigenvalue weighted by Crippen LogP contribution is -1.95. The van der Waals surface area contributed by atoms with Gasteiger partial charge in [0.15, 0.2) is 5.75 Å². The number of nitrogens with zero attached hydrogens (tertiary/aromatic N) is 2. The highest BCUT2D eigenvalue weighted by molar-refractivity contribution is 5.53. The molecule has 0 aromatic heterocycles. The Hall–Kier alpha value is -3.14. The standard InChI is InChI=1S/C14H9FN2O4/c1-20-14-5-3-11(7-12(14)17(18)19)21-13-4-2-10(15)6-9(13)8-16/h2-7H,1H3. The van der Waals surface area contributed by atoms with Crippen molar-refractivity contribution >= 4 is 5.69 Å². The molecule has 0 aliphatic heterocycles. The summed E-state index contributed by atoms with van der Waals surface area (Å²) in [7, 11) is 1.32. The molecular formula is C14H9FN2O4. The quantitative estimate of drug-likeness (QED) is 0.635. The van der Waals surface area contributed by atoms with E-state index in [0.717, 1.165) is 12.1 Å². The Morgan fingerprint density at radius 1 is 1.24 bits per heavy atom. The highest BCUT2D eigenvalue weighted by Gasteiger charge is 2.16. The van der Waals surface area contributed by atoms with Gasteiger partial charge in [0.05, 0.1) is 23.7 Å². The molecule has 21 heavy (non-hydrogen) atoms. The monoisotopic (exact) mass is 288 g/mol. The van der Waals surface area contributed by atoms with Gasteiger partial charge in [0.25, 0.3) is 0 Å². The average Bonchev–Trinajstić information content (AvgIpc) is 2.48. The molecule has 0 saturated heterocycles. The molecule has 0 radical (unpaired) electrons. The first-order valence-corrected chi connectivity index (χ1v) is 5.75. The van der Waals surface area contributed by atoms with E-state index >= 15 is 0 Å². The summed E-state index contributed by atoms with van der Waals surface area (Å²) in [5, 5.41) is 19.8. The van der Waals surface area contributed by atoms with Crippen LogP contribution in [0.2, 0.25) is 0 Å². The Labute approximate surface area is 119 Å². The second-order valence-corrected chi connectivity index (χ2v) is 3.95. The maximum atomic E-state index is 13.0. The molecule has 0 aliphatic rings. The maximum Gasteiger partial charge on any atom is 0.314 e. The fourth-order valence-corrected chi connectivity index (χ4v) is 1.68. The first kappa shape index (κ1) is 14.3. The van der Waals surface area contributed by atoms with E-state index in [1.54, 1.807) is 6.07 Å². The first-order valence-electron chi connectivity index (χ1n) is 5.75. The molecule has 0 N–H and O–H groups in total. The third-order valence-electron chi connectivity index (χ3n) is 2.64. The fraction of sp³-hybridized carbons (Fsp3) is 0.0714. The molecule has 0 unspecified atom stereocenters. The van der Waals surface area contributed by atoms with Gasteiger partial charge in [0.2, 0.25) is 0 Å². The van der Waals surface area contributed by atoms with Crippen LogP contribution >= 0.6 is 0 Å². The lowest BCUT2D eigenvalue weighted by atomic mass is 10.2. The average molecular weight is 288 g/mol. The van der Waals surface area contributed by atoms with Gasteiger partial charge in [-0.25, -0.2) is 4.39 Å². The lowest BCUT2D eigenvalue weighted by molar-refractivity contribution is -0.385. The smallest absolute Gasteiger partial charge is 0.314 e. The van der Waals surface area contributed by atoms with Crippen molar-refractivity contribution < 1.29 is 18.8 Å². The SMILES string of the molecule is COc1ccc(Oc2ccc(F)cc2C#N)cc1[N+](=O)[O-]. The summed E-state index contributed by atoms with van der Waals surface area (Å²) in [6.07, 6.45) is 0. The van der Waals surface area contributed by atoms with Crippen molar-refractivity contribution in [2.24, 2.45) is 0 Å². The molecule has 0 spiro atoms. The van der Waals surface area contributed by atoms with Crippen molar-refractivity contribution in [3.8, 4) is 23.3 Å². The topological polar surface area (TPSA) is 85.4 Å². The maximum absolute atomic E-state index is 13.0. The number of nitro benzene ring substituents is 1. The number of hydrogen-bond acceptors (Lipinski definition) is 5. The van der Waals surface area contributed by atoms with Gasteiger partial charge in [0, 0.05) is 0 Å². The van der Waals surface area contributed by atoms with Crippen LogP contribution in [0.25, 0.3) is 0 Å². The van der Waals surface area contributed by atoms with Crippen molar-refractivity contribution in [1.82, 2.24) is 0 Å². The zero-order valence-electron chi connectivity index (χ0n) is 10.9. The molecule has 106 valence electrons. The summed E-state index contributed by atoms with van der Waals surface area (Å²) in [4.78, 5) is 10.3. The molecule has 6 nitrogen and oxygen atoms in total. The Morgan fingerprint density at radius 2 is 1.95 bits per heavy atom. The summed E-state index contributed by atoms with van der Waals surface area (Å²) in [5.74, 6) is -0.226. The van der Waals surface area contributed by atoms with Gasteiger partial charge in [-0.3, -0.25) is 10.1 Å².